The van der Waals surface area contributed by atoms with Crippen molar-refractivity contribution < 1.29 is 19.2 Å². The Morgan fingerprint density at radius 2 is 1.83 bits per heavy atom. The summed E-state index contributed by atoms with van der Waals surface area (Å²) in [6.45, 7) is 9.82. The van der Waals surface area contributed by atoms with Crippen LogP contribution in [0.3, 0.4) is 0 Å². The molecule has 1 aromatic carbocycles. The fraction of sp³-hybridized carbons (Fsp3) is 0.471. The third-order valence-electron chi connectivity index (χ3n) is 4.57. The number of hydrogen-bond acceptors (Lipinski definition) is 4. The zero-order valence-corrected chi connectivity index (χ0v) is 15.1. The van der Waals surface area contributed by atoms with Gasteiger partial charge in [0, 0.05) is 5.75 Å². The number of carbonyl (C=O) groups is 1. The van der Waals surface area contributed by atoms with Crippen molar-refractivity contribution in [1.29, 1.82) is 0 Å². The summed E-state index contributed by atoms with van der Waals surface area (Å²) in [5, 5.41) is 9.10. The molecule has 4 nitrogen and oxygen atoms in total. The molecule has 0 amide bonds. The molecule has 0 aromatic heterocycles. The molecule has 1 aliphatic heterocycles. The third-order valence-corrected chi connectivity index (χ3v) is 4.94. The average molecular weight is 334 g/mol. The van der Waals surface area contributed by atoms with E-state index in [9.17, 15) is 4.79 Å². The normalized spacial score (nSPS) is 19.9. The molecule has 0 atom stereocenters. The van der Waals surface area contributed by atoms with Crippen LogP contribution in [0.2, 0.25) is 0 Å². The summed E-state index contributed by atoms with van der Waals surface area (Å²) in [5.41, 5.74) is 2.05. The Morgan fingerprint density at radius 1 is 1.26 bits per heavy atom. The molecule has 2 rings (SSSR count). The summed E-state index contributed by atoms with van der Waals surface area (Å²) in [7, 11) is -0.447. The van der Waals surface area contributed by atoms with Crippen LogP contribution in [0.25, 0.3) is 6.08 Å². The van der Waals surface area contributed by atoms with Gasteiger partial charge in [0.05, 0.1) is 16.8 Å². The van der Waals surface area contributed by atoms with Crippen LogP contribution in [0.15, 0.2) is 23.7 Å². The Labute approximate surface area is 143 Å². The van der Waals surface area contributed by atoms with Crippen molar-refractivity contribution in [1.82, 2.24) is 0 Å². The van der Waals surface area contributed by atoms with Crippen molar-refractivity contribution in [3.63, 3.8) is 0 Å². The Balaban J connectivity index is 2.30. The second-order valence-electron chi connectivity index (χ2n) is 6.85. The van der Waals surface area contributed by atoms with E-state index in [1.807, 2.05) is 39.8 Å². The van der Waals surface area contributed by atoms with E-state index < -0.39 is 24.3 Å². The number of benzene rings is 1. The topological polar surface area (TPSA) is 55.8 Å². The number of aromatic carboxylic acids is 1. The van der Waals surface area contributed by atoms with Gasteiger partial charge in [0.15, 0.2) is 0 Å². The van der Waals surface area contributed by atoms with E-state index in [4.69, 9.17) is 14.4 Å². The smallest absolute Gasteiger partial charge is 0.478 e. The van der Waals surface area contributed by atoms with Crippen LogP contribution in [0, 0.1) is 6.92 Å². The van der Waals surface area contributed by atoms with Gasteiger partial charge in [-0.25, -0.2) is 4.79 Å². The Bertz CT molecular complexity index is 636. The average Bonchev–Trinajstić information content (AvgIpc) is 2.64. The van der Waals surface area contributed by atoms with Crippen LogP contribution in [-0.2, 0) is 9.31 Å². The molecule has 23 heavy (non-hydrogen) atoms. The third kappa shape index (κ3) is 3.65. The van der Waals surface area contributed by atoms with Crippen molar-refractivity contribution in [2.75, 3.05) is 5.75 Å². The van der Waals surface area contributed by atoms with Crippen molar-refractivity contribution in [2.24, 2.45) is 0 Å². The lowest BCUT2D eigenvalue weighted by Gasteiger charge is -2.32. The molecule has 6 heteroatoms. The first-order chi connectivity index (χ1) is 10.6. The van der Waals surface area contributed by atoms with Gasteiger partial charge in [0.1, 0.15) is 0 Å². The van der Waals surface area contributed by atoms with E-state index in [0.717, 1.165) is 16.6 Å². The number of hydrogen-bond donors (Lipinski definition) is 2. The highest BCUT2D eigenvalue weighted by Crippen LogP contribution is 2.39. The van der Waals surface area contributed by atoms with Gasteiger partial charge in [-0.1, -0.05) is 18.2 Å². The Kier molecular flexibility index (Phi) is 4.99. The zero-order valence-electron chi connectivity index (χ0n) is 14.2. The maximum atomic E-state index is 11.1. The van der Waals surface area contributed by atoms with E-state index in [0.29, 0.717) is 11.3 Å². The van der Waals surface area contributed by atoms with Gasteiger partial charge < -0.3 is 14.4 Å². The predicted octanol–water partition coefficient (Wildman–Crippen LogP) is 3.64. The van der Waals surface area contributed by atoms with Crippen molar-refractivity contribution in [2.45, 2.75) is 45.8 Å². The number of rotatable bonds is 4. The van der Waals surface area contributed by atoms with Gasteiger partial charge in [-0.2, -0.15) is 12.6 Å². The standard InChI is InChI=1S/C17H23BO4S/c1-11-8-12(6-7-14(11)15(19)20)9-13(10-23)18-21-16(2,3)17(4,5)22-18/h6-9,23H,10H2,1-5H3,(H,19,20). The van der Waals surface area contributed by atoms with E-state index in [1.54, 1.807) is 19.1 Å². The maximum Gasteiger partial charge on any atom is 0.491 e. The molecule has 1 fully saturated rings. The van der Waals surface area contributed by atoms with Gasteiger partial charge in [-0.15, -0.1) is 0 Å². The van der Waals surface area contributed by atoms with Crippen molar-refractivity contribution >= 4 is 31.8 Å². The molecule has 1 aliphatic rings. The molecule has 0 unspecified atom stereocenters. The molecule has 0 bridgehead atoms. The van der Waals surface area contributed by atoms with E-state index >= 15 is 0 Å². The molecule has 1 saturated heterocycles. The number of carboxylic acid groups (broad SMARTS) is 1. The molecule has 1 N–H and O–H groups in total. The summed E-state index contributed by atoms with van der Waals surface area (Å²) in [5.74, 6) is -0.422. The summed E-state index contributed by atoms with van der Waals surface area (Å²) < 4.78 is 12.1. The van der Waals surface area contributed by atoms with Gasteiger partial charge in [0.2, 0.25) is 0 Å². The highest BCUT2D eigenvalue weighted by Gasteiger charge is 2.52. The van der Waals surface area contributed by atoms with Crippen LogP contribution in [0.1, 0.15) is 49.2 Å². The highest BCUT2D eigenvalue weighted by atomic mass is 32.1. The fourth-order valence-corrected chi connectivity index (χ4v) is 2.65. The first kappa shape index (κ1) is 18.1. The van der Waals surface area contributed by atoms with E-state index in [-0.39, 0.29) is 0 Å². The maximum absolute atomic E-state index is 11.1. The van der Waals surface area contributed by atoms with Crippen LogP contribution in [0.5, 0.6) is 0 Å². The van der Waals surface area contributed by atoms with Crippen LogP contribution in [0.4, 0.5) is 0 Å². The molecule has 1 heterocycles. The molecule has 0 spiro atoms. The summed E-state index contributed by atoms with van der Waals surface area (Å²) in [4.78, 5) is 11.1. The van der Waals surface area contributed by atoms with E-state index in [2.05, 4.69) is 12.6 Å². The Morgan fingerprint density at radius 3 is 2.26 bits per heavy atom. The molecular formula is C17H23BO4S. The molecule has 1 aromatic rings. The Hall–Kier alpha value is -1.24. The molecular weight excluding hydrogens is 311 g/mol. The number of thiol groups is 1. The van der Waals surface area contributed by atoms with Crippen LogP contribution >= 0.6 is 12.6 Å². The van der Waals surface area contributed by atoms with E-state index in [1.165, 1.54) is 0 Å². The minimum Gasteiger partial charge on any atom is -0.478 e. The first-order valence-corrected chi connectivity index (χ1v) is 8.21. The summed E-state index contributed by atoms with van der Waals surface area (Å²) in [6.07, 6.45) is 1.95. The predicted molar refractivity (Wildman–Crippen MR) is 96.1 cm³/mol. The SMILES string of the molecule is Cc1cc(C=C(CS)B2OC(C)(C)C(C)(C)O2)ccc1C(=O)O. The van der Waals surface area contributed by atoms with Crippen LogP contribution in [-0.4, -0.2) is 35.1 Å². The molecule has 124 valence electrons. The lowest BCUT2D eigenvalue weighted by atomic mass is 9.78. The first-order valence-electron chi connectivity index (χ1n) is 7.58. The minimum absolute atomic E-state index is 0.310. The second kappa shape index (κ2) is 6.34. The molecule has 0 saturated carbocycles. The number of aryl methyl sites for hydroxylation is 1. The summed E-state index contributed by atoms with van der Waals surface area (Å²) >= 11 is 4.39. The number of carboxylic acids is 1. The largest absolute Gasteiger partial charge is 0.491 e. The van der Waals surface area contributed by atoms with Gasteiger partial charge in [-0.05, 0) is 57.3 Å². The molecule has 0 radical (unpaired) electrons. The molecule has 0 aliphatic carbocycles. The van der Waals surface area contributed by atoms with Crippen molar-refractivity contribution in [3.05, 3.63) is 40.4 Å². The lowest BCUT2D eigenvalue weighted by Crippen LogP contribution is -2.41. The lowest BCUT2D eigenvalue weighted by molar-refractivity contribution is 0.00578. The second-order valence-corrected chi connectivity index (χ2v) is 7.16. The monoisotopic (exact) mass is 334 g/mol. The zero-order chi connectivity index (χ0) is 17.4. The van der Waals surface area contributed by atoms with Crippen LogP contribution < -0.4 is 0 Å². The van der Waals surface area contributed by atoms with Gasteiger partial charge in [-0.3, -0.25) is 0 Å². The quantitative estimate of drug-likeness (QED) is 0.652. The summed E-state index contributed by atoms with van der Waals surface area (Å²) in [6, 6.07) is 5.24. The van der Waals surface area contributed by atoms with Gasteiger partial charge >= 0.3 is 13.1 Å². The fourth-order valence-electron chi connectivity index (χ4n) is 2.41. The highest BCUT2D eigenvalue weighted by molar-refractivity contribution is 7.80. The van der Waals surface area contributed by atoms with Gasteiger partial charge in [0.25, 0.3) is 0 Å². The van der Waals surface area contributed by atoms with Crippen molar-refractivity contribution in [3.8, 4) is 0 Å². The minimum atomic E-state index is -0.918.